The van der Waals surface area contributed by atoms with E-state index in [9.17, 15) is 8.78 Å². The van der Waals surface area contributed by atoms with Crippen LogP contribution in [0.25, 0.3) is 0 Å². The molecule has 19 heavy (non-hydrogen) atoms. The van der Waals surface area contributed by atoms with Crippen LogP contribution in [-0.4, -0.2) is 0 Å². The zero-order chi connectivity index (χ0) is 14.2. The molecule has 0 fully saturated rings. The van der Waals surface area contributed by atoms with Crippen LogP contribution in [0.3, 0.4) is 0 Å². The Morgan fingerprint density at radius 2 is 1.68 bits per heavy atom. The van der Waals surface area contributed by atoms with E-state index in [1.165, 1.54) is 0 Å². The number of hydrogen-bond acceptors (Lipinski definition) is 1. The molecular weight excluding hydrogens is 312 g/mol. The van der Waals surface area contributed by atoms with E-state index < -0.39 is 17.7 Å². The van der Waals surface area contributed by atoms with Crippen molar-refractivity contribution in [3.05, 3.63) is 68.7 Å². The summed E-state index contributed by atoms with van der Waals surface area (Å²) in [5, 5.41) is 0. The molecule has 1 atom stereocenters. The van der Waals surface area contributed by atoms with Gasteiger partial charge >= 0.3 is 0 Å². The molecule has 0 heterocycles. The Labute approximate surface area is 119 Å². The second-order valence-electron chi connectivity index (χ2n) is 4.63. The summed E-state index contributed by atoms with van der Waals surface area (Å²) in [7, 11) is 0. The molecule has 1 unspecified atom stereocenters. The van der Waals surface area contributed by atoms with Gasteiger partial charge in [0.25, 0.3) is 0 Å². The van der Waals surface area contributed by atoms with Crippen LogP contribution in [0.1, 0.15) is 28.3 Å². The number of halogens is 3. The minimum atomic E-state index is -0.678. The number of benzene rings is 2. The summed E-state index contributed by atoms with van der Waals surface area (Å²) in [6, 6.07) is 7.31. The summed E-state index contributed by atoms with van der Waals surface area (Å²) in [5.74, 6) is -1.03. The molecule has 4 heteroatoms. The third-order valence-electron chi connectivity index (χ3n) is 3.14. The van der Waals surface area contributed by atoms with E-state index in [-0.39, 0.29) is 10.0 Å². The molecule has 0 aliphatic heterocycles. The number of rotatable bonds is 2. The normalized spacial score (nSPS) is 12.5. The number of nitrogens with two attached hydrogens (primary N) is 1. The van der Waals surface area contributed by atoms with Gasteiger partial charge in [0.15, 0.2) is 0 Å². The van der Waals surface area contributed by atoms with Crippen molar-refractivity contribution in [2.24, 2.45) is 5.73 Å². The second kappa shape index (κ2) is 5.39. The maximum Gasteiger partial charge on any atom is 0.137 e. The van der Waals surface area contributed by atoms with Gasteiger partial charge in [-0.2, -0.15) is 0 Å². The van der Waals surface area contributed by atoms with Crippen molar-refractivity contribution in [1.82, 2.24) is 0 Å². The van der Waals surface area contributed by atoms with Crippen LogP contribution in [-0.2, 0) is 0 Å². The Bertz CT molecular complexity index is 626. The molecule has 2 aromatic rings. The minimum absolute atomic E-state index is 0.0987. The molecule has 0 aliphatic rings. The molecule has 1 nitrogen and oxygen atoms in total. The zero-order valence-electron chi connectivity index (χ0n) is 10.7. The molecule has 2 aromatic carbocycles. The topological polar surface area (TPSA) is 26.0 Å². The molecule has 0 bridgehead atoms. The highest BCUT2D eigenvalue weighted by Gasteiger charge is 2.18. The Morgan fingerprint density at radius 3 is 2.32 bits per heavy atom. The summed E-state index contributed by atoms with van der Waals surface area (Å²) in [4.78, 5) is 0. The SMILES string of the molecule is Cc1ccc(C(N)c2cc(F)c(Br)cc2F)c(C)c1. The van der Waals surface area contributed by atoms with Gasteiger partial charge in [-0.05, 0) is 53.0 Å². The lowest BCUT2D eigenvalue weighted by Crippen LogP contribution is -2.15. The molecule has 0 aromatic heterocycles. The smallest absolute Gasteiger partial charge is 0.137 e. The molecule has 0 aliphatic carbocycles. The van der Waals surface area contributed by atoms with Gasteiger partial charge in [-0.1, -0.05) is 23.8 Å². The molecular formula is C15H14BrF2N. The first kappa shape index (κ1) is 14.2. The monoisotopic (exact) mass is 325 g/mol. The number of hydrogen-bond donors (Lipinski definition) is 1. The summed E-state index contributed by atoms with van der Waals surface area (Å²) < 4.78 is 27.5. The van der Waals surface area contributed by atoms with E-state index in [1.807, 2.05) is 32.0 Å². The highest BCUT2D eigenvalue weighted by Crippen LogP contribution is 2.28. The van der Waals surface area contributed by atoms with Gasteiger partial charge in [0, 0.05) is 5.56 Å². The first-order valence-corrected chi connectivity index (χ1v) is 6.66. The van der Waals surface area contributed by atoms with E-state index in [0.29, 0.717) is 0 Å². The zero-order valence-corrected chi connectivity index (χ0v) is 12.3. The maximum absolute atomic E-state index is 13.9. The fourth-order valence-electron chi connectivity index (χ4n) is 2.12. The maximum atomic E-state index is 13.9. The van der Waals surface area contributed by atoms with Gasteiger partial charge in [0.05, 0.1) is 10.5 Å². The predicted molar refractivity (Wildman–Crippen MR) is 76.0 cm³/mol. The van der Waals surface area contributed by atoms with Crippen LogP contribution in [0.4, 0.5) is 8.78 Å². The number of aryl methyl sites for hydroxylation is 2. The lowest BCUT2D eigenvalue weighted by molar-refractivity contribution is 0.572. The molecule has 0 saturated heterocycles. The Kier molecular flexibility index (Phi) is 4.02. The largest absolute Gasteiger partial charge is 0.320 e. The minimum Gasteiger partial charge on any atom is -0.320 e. The van der Waals surface area contributed by atoms with Crippen molar-refractivity contribution < 1.29 is 8.78 Å². The summed E-state index contributed by atoms with van der Waals surface area (Å²) in [5.41, 5.74) is 9.10. The van der Waals surface area contributed by atoms with Crippen LogP contribution < -0.4 is 5.73 Å². The van der Waals surface area contributed by atoms with Crippen LogP contribution in [0, 0.1) is 25.5 Å². The predicted octanol–water partition coefficient (Wildman–Crippen LogP) is 4.39. The van der Waals surface area contributed by atoms with Gasteiger partial charge in [-0.3, -0.25) is 0 Å². The van der Waals surface area contributed by atoms with Crippen LogP contribution in [0.5, 0.6) is 0 Å². The fraction of sp³-hybridized carbons (Fsp3) is 0.200. The van der Waals surface area contributed by atoms with Crippen molar-refractivity contribution in [3.8, 4) is 0 Å². The van der Waals surface area contributed by atoms with Crippen molar-refractivity contribution in [1.29, 1.82) is 0 Å². The molecule has 0 saturated carbocycles. The van der Waals surface area contributed by atoms with E-state index in [1.54, 1.807) is 0 Å². The van der Waals surface area contributed by atoms with Crippen molar-refractivity contribution in [2.45, 2.75) is 19.9 Å². The summed E-state index contributed by atoms with van der Waals surface area (Å²) >= 11 is 2.95. The lowest BCUT2D eigenvalue weighted by Gasteiger charge is -2.17. The van der Waals surface area contributed by atoms with Crippen LogP contribution in [0.15, 0.2) is 34.8 Å². The van der Waals surface area contributed by atoms with Crippen molar-refractivity contribution in [3.63, 3.8) is 0 Å². The third kappa shape index (κ3) is 2.85. The molecule has 2 N–H and O–H groups in total. The molecule has 2 rings (SSSR count). The molecule has 0 spiro atoms. The van der Waals surface area contributed by atoms with E-state index in [2.05, 4.69) is 15.9 Å². The van der Waals surface area contributed by atoms with Crippen LogP contribution in [0.2, 0.25) is 0 Å². The van der Waals surface area contributed by atoms with Crippen LogP contribution >= 0.6 is 15.9 Å². The highest BCUT2D eigenvalue weighted by molar-refractivity contribution is 9.10. The van der Waals surface area contributed by atoms with Crippen molar-refractivity contribution >= 4 is 15.9 Å². The van der Waals surface area contributed by atoms with Crippen molar-refractivity contribution in [2.75, 3.05) is 0 Å². The molecule has 0 radical (unpaired) electrons. The molecule has 100 valence electrons. The van der Waals surface area contributed by atoms with E-state index >= 15 is 0 Å². The van der Waals surface area contributed by atoms with Gasteiger partial charge in [-0.25, -0.2) is 8.78 Å². The summed E-state index contributed by atoms with van der Waals surface area (Å²) in [6.45, 7) is 3.89. The summed E-state index contributed by atoms with van der Waals surface area (Å²) in [6.07, 6.45) is 0. The average molecular weight is 326 g/mol. The van der Waals surface area contributed by atoms with E-state index in [4.69, 9.17) is 5.73 Å². The van der Waals surface area contributed by atoms with E-state index in [0.717, 1.165) is 28.8 Å². The fourth-order valence-corrected chi connectivity index (χ4v) is 2.43. The quantitative estimate of drug-likeness (QED) is 0.814. The highest BCUT2D eigenvalue weighted by atomic mass is 79.9. The molecule has 0 amide bonds. The van der Waals surface area contributed by atoms with Gasteiger partial charge in [-0.15, -0.1) is 0 Å². The Hall–Kier alpha value is -1.26. The Morgan fingerprint density at radius 1 is 1.00 bits per heavy atom. The third-order valence-corrected chi connectivity index (χ3v) is 3.74. The lowest BCUT2D eigenvalue weighted by atomic mass is 9.94. The van der Waals surface area contributed by atoms with Gasteiger partial charge < -0.3 is 5.73 Å². The average Bonchev–Trinajstić information content (AvgIpc) is 2.33. The van der Waals surface area contributed by atoms with Gasteiger partial charge in [0.2, 0.25) is 0 Å². The van der Waals surface area contributed by atoms with Gasteiger partial charge in [0.1, 0.15) is 11.6 Å². The first-order chi connectivity index (χ1) is 8.90. The Balaban J connectivity index is 2.49. The second-order valence-corrected chi connectivity index (χ2v) is 5.48. The standard InChI is InChI=1S/C15H14BrF2N/c1-8-3-4-10(9(2)5-8)15(19)11-6-14(18)12(16)7-13(11)17/h3-7,15H,19H2,1-2H3. The first-order valence-electron chi connectivity index (χ1n) is 5.87.